The van der Waals surface area contributed by atoms with E-state index in [9.17, 15) is 0 Å². The Morgan fingerprint density at radius 3 is 2.85 bits per heavy atom. The number of rotatable bonds is 7. The normalized spacial score (nSPS) is 17.0. The lowest BCUT2D eigenvalue weighted by Crippen LogP contribution is -2.37. The molecule has 3 N–H and O–H groups in total. The minimum Gasteiger partial charge on any atom is -0.409 e. The Bertz CT molecular complexity index is 457. The fourth-order valence-corrected chi connectivity index (χ4v) is 2.35. The van der Waals surface area contributed by atoms with Crippen molar-refractivity contribution in [2.45, 2.75) is 25.8 Å². The average molecular weight is 278 g/mol. The van der Waals surface area contributed by atoms with Crippen LogP contribution in [-0.4, -0.2) is 42.3 Å². The number of pyridine rings is 1. The minimum atomic E-state index is 0.0234. The molecule has 0 aromatic carbocycles. The van der Waals surface area contributed by atoms with Gasteiger partial charge in [0.05, 0.1) is 18.5 Å². The van der Waals surface area contributed by atoms with Crippen LogP contribution < -0.4 is 10.6 Å². The van der Waals surface area contributed by atoms with E-state index in [1.54, 1.807) is 19.4 Å². The highest BCUT2D eigenvalue weighted by atomic mass is 16.5. The van der Waals surface area contributed by atoms with Gasteiger partial charge in [-0.25, -0.2) is 0 Å². The van der Waals surface area contributed by atoms with Crippen LogP contribution >= 0.6 is 0 Å². The van der Waals surface area contributed by atoms with E-state index in [0.717, 1.165) is 18.2 Å². The molecule has 110 valence electrons. The quantitative estimate of drug-likeness (QED) is 0.341. The minimum absolute atomic E-state index is 0.0234. The lowest BCUT2D eigenvalue weighted by Gasteiger charge is -2.31. The molecule has 1 unspecified atom stereocenters. The monoisotopic (exact) mass is 278 g/mol. The van der Waals surface area contributed by atoms with Gasteiger partial charge in [-0.3, -0.25) is 4.98 Å². The van der Waals surface area contributed by atoms with E-state index in [-0.39, 0.29) is 5.84 Å². The average Bonchev–Trinajstić information content (AvgIpc) is 3.32. The van der Waals surface area contributed by atoms with Gasteiger partial charge in [0.25, 0.3) is 0 Å². The van der Waals surface area contributed by atoms with Gasteiger partial charge in [0.15, 0.2) is 5.84 Å². The molecule has 1 fully saturated rings. The second-order valence-electron chi connectivity index (χ2n) is 5.15. The van der Waals surface area contributed by atoms with Gasteiger partial charge in [0, 0.05) is 19.7 Å². The van der Waals surface area contributed by atoms with Crippen LogP contribution in [0.5, 0.6) is 0 Å². The number of hydrogen-bond donors (Lipinski definition) is 2. The molecule has 2 rings (SSSR count). The third kappa shape index (κ3) is 3.39. The molecule has 0 aliphatic heterocycles. The molecule has 0 radical (unpaired) electrons. The summed E-state index contributed by atoms with van der Waals surface area (Å²) in [4.78, 5) is 6.55. The van der Waals surface area contributed by atoms with E-state index in [2.05, 4.69) is 22.0 Å². The van der Waals surface area contributed by atoms with Crippen molar-refractivity contribution >= 4 is 11.5 Å². The van der Waals surface area contributed by atoms with Crippen LogP contribution in [0, 0.1) is 5.92 Å². The molecule has 0 spiro atoms. The summed E-state index contributed by atoms with van der Waals surface area (Å²) in [6.07, 6.45) is 4.35. The van der Waals surface area contributed by atoms with Crippen LogP contribution in [0.3, 0.4) is 0 Å². The summed E-state index contributed by atoms with van der Waals surface area (Å²) in [5.74, 6) is 0.783. The first-order valence-corrected chi connectivity index (χ1v) is 6.87. The molecule has 6 heteroatoms. The molecular formula is C14H22N4O2. The van der Waals surface area contributed by atoms with Crippen molar-refractivity contribution in [3.05, 3.63) is 24.0 Å². The first-order chi connectivity index (χ1) is 9.67. The molecule has 0 amide bonds. The highest BCUT2D eigenvalue weighted by Crippen LogP contribution is 2.36. The first kappa shape index (κ1) is 14.6. The number of nitrogens with zero attached hydrogens (tertiary/aromatic N) is 3. The largest absolute Gasteiger partial charge is 0.409 e. The first-order valence-electron chi connectivity index (χ1n) is 6.87. The van der Waals surface area contributed by atoms with Crippen LogP contribution in [0.15, 0.2) is 23.5 Å². The molecule has 1 aromatic rings. The third-order valence-corrected chi connectivity index (χ3v) is 3.78. The Kier molecular flexibility index (Phi) is 4.79. The molecule has 1 aliphatic carbocycles. The Morgan fingerprint density at radius 2 is 2.35 bits per heavy atom. The second kappa shape index (κ2) is 6.56. The summed E-state index contributed by atoms with van der Waals surface area (Å²) < 4.78 is 5.19. The van der Waals surface area contributed by atoms with Crippen molar-refractivity contribution in [3.63, 3.8) is 0 Å². The van der Waals surface area contributed by atoms with Crippen LogP contribution in [0.25, 0.3) is 0 Å². The third-order valence-electron chi connectivity index (χ3n) is 3.78. The summed E-state index contributed by atoms with van der Waals surface area (Å²) >= 11 is 0. The molecule has 1 atom stereocenters. The molecular weight excluding hydrogens is 256 g/mol. The van der Waals surface area contributed by atoms with Gasteiger partial charge in [-0.2, -0.15) is 0 Å². The van der Waals surface area contributed by atoms with Crippen molar-refractivity contribution in [1.29, 1.82) is 0 Å². The SMILES string of the molecule is COCCN(c1ccc(/C(N)=N/O)nc1)C(C)C1CC1. The highest BCUT2D eigenvalue weighted by molar-refractivity contribution is 5.95. The molecule has 0 saturated heterocycles. The Morgan fingerprint density at radius 1 is 1.60 bits per heavy atom. The number of aromatic nitrogens is 1. The second-order valence-corrected chi connectivity index (χ2v) is 5.15. The summed E-state index contributed by atoms with van der Waals surface area (Å²) in [6, 6.07) is 4.19. The maximum Gasteiger partial charge on any atom is 0.188 e. The predicted molar refractivity (Wildman–Crippen MR) is 78.2 cm³/mol. The van der Waals surface area contributed by atoms with Gasteiger partial charge in [0.1, 0.15) is 5.69 Å². The van der Waals surface area contributed by atoms with Gasteiger partial charge >= 0.3 is 0 Å². The molecule has 1 aromatic heterocycles. The summed E-state index contributed by atoms with van der Waals surface area (Å²) in [6.45, 7) is 3.75. The van der Waals surface area contributed by atoms with E-state index in [4.69, 9.17) is 15.7 Å². The van der Waals surface area contributed by atoms with Crippen molar-refractivity contribution in [1.82, 2.24) is 4.98 Å². The van der Waals surface area contributed by atoms with Gasteiger partial charge in [0.2, 0.25) is 0 Å². The summed E-state index contributed by atoms with van der Waals surface area (Å²) in [5.41, 5.74) is 7.03. The molecule has 1 heterocycles. The fraction of sp³-hybridized carbons (Fsp3) is 0.571. The van der Waals surface area contributed by atoms with E-state index in [0.29, 0.717) is 18.3 Å². The van der Waals surface area contributed by atoms with Crippen LogP contribution in [0.2, 0.25) is 0 Å². The smallest absolute Gasteiger partial charge is 0.188 e. The standard InChI is InChI=1S/C14H22N4O2/c1-10(11-3-4-11)18(7-8-20-2)12-5-6-13(16-9-12)14(15)17-19/h5-6,9-11,19H,3-4,7-8H2,1-2H3,(H2,15,17). The molecule has 1 saturated carbocycles. The summed E-state index contributed by atoms with van der Waals surface area (Å²) in [5, 5.41) is 11.6. The Labute approximate surface area is 119 Å². The number of ether oxygens (including phenoxy) is 1. The molecule has 20 heavy (non-hydrogen) atoms. The summed E-state index contributed by atoms with van der Waals surface area (Å²) in [7, 11) is 1.71. The zero-order valence-electron chi connectivity index (χ0n) is 12.0. The number of oxime groups is 1. The number of nitrogens with two attached hydrogens (primary N) is 1. The molecule has 0 bridgehead atoms. The maximum atomic E-state index is 8.65. The zero-order valence-corrected chi connectivity index (χ0v) is 12.0. The lowest BCUT2D eigenvalue weighted by molar-refractivity contribution is 0.202. The predicted octanol–water partition coefficient (Wildman–Crippen LogP) is 1.43. The van der Waals surface area contributed by atoms with E-state index >= 15 is 0 Å². The number of anilines is 1. The number of methoxy groups -OCH3 is 1. The van der Waals surface area contributed by atoms with Crippen molar-refractivity contribution in [2.24, 2.45) is 16.8 Å². The Hall–Kier alpha value is -1.82. The topological polar surface area (TPSA) is 84.0 Å². The zero-order chi connectivity index (χ0) is 14.5. The van der Waals surface area contributed by atoms with Crippen LogP contribution in [-0.2, 0) is 4.74 Å². The van der Waals surface area contributed by atoms with Gasteiger partial charge < -0.3 is 20.6 Å². The van der Waals surface area contributed by atoms with E-state index in [1.807, 2.05) is 6.07 Å². The van der Waals surface area contributed by atoms with Crippen molar-refractivity contribution < 1.29 is 9.94 Å². The van der Waals surface area contributed by atoms with Gasteiger partial charge in [-0.15, -0.1) is 0 Å². The van der Waals surface area contributed by atoms with Gasteiger partial charge in [-0.1, -0.05) is 5.16 Å². The Balaban J connectivity index is 2.14. The lowest BCUT2D eigenvalue weighted by atomic mass is 10.1. The van der Waals surface area contributed by atoms with Crippen LogP contribution in [0.1, 0.15) is 25.5 Å². The number of amidine groups is 1. The van der Waals surface area contributed by atoms with Crippen LogP contribution in [0.4, 0.5) is 5.69 Å². The van der Waals surface area contributed by atoms with E-state index in [1.165, 1.54) is 12.8 Å². The fourth-order valence-electron chi connectivity index (χ4n) is 2.35. The number of hydrogen-bond acceptors (Lipinski definition) is 5. The van der Waals surface area contributed by atoms with Crippen molar-refractivity contribution in [2.75, 3.05) is 25.2 Å². The van der Waals surface area contributed by atoms with E-state index < -0.39 is 0 Å². The highest BCUT2D eigenvalue weighted by Gasteiger charge is 2.32. The molecule has 6 nitrogen and oxygen atoms in total. The van der Waals surface area contributed by atoms with Gasteiger partial charge in [-0.05, 0) is 37.8 Å². The molecule has 1 aliphatic rings. The van der Waals surface area contributed by atoms with Crippen molar-refractivity contribution in [3.8, 4) is 0 Å². The maximum absolute atomic E-state index is 8.65.